The van der Waals surface area contributed by atoms with E-state index in [0.29, 0.717) is 6.54 Å². The minimum Gasteiger partial charge on any atom is -0.507 e. The zero-order valence-corrected chi connectivity index (χ0v) is 10.6. The summed E-state index contributed by atoms with van der Waals surface area (Å²) in [4.78, 5) is 13.6. The maximum atomic E-state index is 12.2. The van der Waals surface area contributed by atoms with Gasteiger partial charge in [-0.25, -0.2) is 0 Å². The molecule has 0 aliphatic heterocycles. The van der Waals surface area contributed by atoms with Gasteiger partial charge in [0, 0.05) is 13.6 Å². The molecule has 0 fully saturated rings. The van der Waals surface area contributed by atoms with E-state index in [0.717, 1.165) is 5.56 Å². The number of nitrogens with zero attached hydrogens (tertiary/aromatic N) is 1. The first-order valence-electron chi connectivity index (χ1n) is 5.90. The van der Waals surface area contributed by atoms with Crippen molar-refractivity contribution >= 4 is 5.91 Å². The molecule has 2 rings (SSSR count). The molecule has 0 saturated heterocycles. The average molecular weight is 257 g/mol. The van der Waals surface area contributed by atoms with Crippen LogP contribution in [0.25, 0.3) is 0 Å². The molecule has 0 heterocycles. The molecule has 0 atom stereocenters. The van der Waals surface area contributed by atoms with E-state index in [1.165, 1.54) is 23.1 Å². The number of aromatic hydroxyl groups is 2. The fourth-order valence-corrected chi connectivity index (χ4v) is 1.87. The molecular weight excluding hydrogens is 242 g/mol. The van der Waals surface area contributed by atoms with Gasteiger partial charge in [0.15, 0.2) is 0 Å². The van der Waals surface area contributed by atoms with Crippen LogP contribution < -0.4 is 0 Å². The minimum atomic E-state index is -0.417. The molecule has 4 nitrogen and oxygen atoms in total. The van der Waals surface area contributed by atoms with Crippen molar-refractivity contribution < 1.29 is 15.0 Å². The molecule has 2 aromatic rings. The van der Waals surface area contributed by atoms with Gasteiger partial charge in [-0.2, -0.15) is 0 Å². The van der Waals surface area contributed by atoms with Gasteiger partial charge in [-0.1, -0.05) is 36.4 Å². The van der Waals surface area contributed by atoms with Crippen LogP contribution in [0.4, 0.5) is 0 Å². The summed E-state index contributed by atoms with van der Waals surface area (Å²) in [6, 6.07) is 13.8. The Kier molecular flexibility index (Phi) is 3.71. The molecule has 0 radical (unpaired) electrons. The van der Waals surface area contributed by atoms with Gasteiger partial charge in [0.1, 0.15) is 17.1 Å². The van der Waals surface area contributed by atoms with E-state index < -0.39 is 5.91 Å². The molecule has 0 bridgehead atoms. The Morgan fingerprint density at radius 2 is 1.58 bits per heavy atom. The summed E-state index contributed by atoms with van der Waals surface area (Å²) in [5, 5.41) is 19.3. The van der Waals surface area contributed by atoms with Crippen molar-refractivity contribution in [3.05, 3.63) is 59.7 Å². The lowest BCUT2D eigenvalue weighted by Crippen LogP contribution is -2.26. The highest BCUT2D eigenvalue weighted by atomic mass is 16.3. The van der Waals surface area contributed by atoms with Crippen LogP contribution in [0.5, 0.6) is 11.5 Å². The van der Waals surface area contributed by atoms with Gasteiger partial charge in [0.25, 0.3) is 5.91 Å². The van der Waals surface area contributed by atoms with Crippen molar-refractivity contribution in [1.29, 1.82) is 0 Å². The lowest BCUT2D eigenvalue weighted by Gasteiger charge is -2.18. The third kappa shape index (κ3) is 2.85. The first-order valence-corrected chi connectivity index (χ1v) is 5.90. The minimum absolute atomic E-state index is 0.0686. The molecule has 0 saturated carbocycles. The summed E-state index contributed by atoms with van der Waals surface area (Å²) in [6.45, 7) is 0.410. The Morgan fingerprint density at radius 1 is 1.00 bits per heavy atom. The number of benzene rings is 2. The summed E-state index contributed by atoms with van der Waals surface area (Å²) >= 11 is 0. The molecule has 2 aromatic carbocycles. The maximum Gasteiger partial charge on any atom is 0.261 e. The van der Waals surface area contributed by atoms with Crippen molar-refractivity contribution in [2.24, 2.45) is 0 Å². The summed E-state index contributed by atoms with van der Waals surface area (Å²) in [5.41, 5.74) is 0.911. The molecule has 1 amide bonds. The Labute approximate surface area is 111 Å². The molecule has 19 heavy (non-hydrogen) atoms. The molecular formula is C15H15NO3. The van der Waals surface area contributed by atoms with Crippen molar-refractivity contribution in [1.82, 2.24) is 4.90 Å². The number of rotatable bonds is 3. The summed E-state index contributed by atoms with van der Waals surface area (Å²) in [7, 11) is 1.63. The van der Waals surface area contributed by atoms with Crippen LogP contribution in [0.3, 0.4) is 0 Å². The van der Waals surface area contributed by atoms with Gasteiger partial charge < -0.3 is 15.1 Å². The SMILES string of the molecule is CN(Cc1ccccc1)C(=O)c1c(O)cccc1O. The van der Waals surface area contributed by atoms with E-state index in [1.807, 2.05) is 30.3 Å². The van der Waals surface area contributed by atoms with E-state index in [2.05, 4.69) is 0 Å². The topological polar surface area (TPSA) is 60.8 Å². The molecule has 0 spiro atoms. The quantitative estimate of drug-likeness (QED) is 0.887. The summed E-state index contributed by atoms with van der Waals surface area (Å²) < 4.78 is 0. The van der Waals surface area contributed by atoms with Crippen LogP contribution in [-0.2, 0) is 6.54 Å². The van der Waals surface area contributed by atoms with E-state index in [-0.39, 0.29) is 17.1 Å². The van der Waals surface area contributed by atoms with Crippen molar-refractivity contribution in [3.8, 4) is 11.5 Å². The summed E-state index contributed by atoms with van der Waals surface area (Å²) in [6.07, 6.45) is 0. The fraction of sp³-hybridized carbons (Fsp3) is 0.133. The van der Waals surface area contributed by atoms with Crippen LogP contribution in [0, 0.1) is 0 Å². The largest absolute Gasteiger partial charge is 0.507 e. The highest BCUT2D eigenvalue weighted by Gasteiger charge is 2.19. The number of hydrogen-bond acceptors (Lipinski definition) is 3. The predicted molar refractivity (Wildman–Crippen MR) is 72.0 cm³/mol. The lowest BCUT2D eigenvalue weighted by atomic mass is 10.1. The molecule has 0 aliphatic carbocycles. The first kappa shape index (κ1) is 13.0. The van der Waals surface area contributed by atoms with E-state index in [1.54, 1.807) is 7.05 Å². The maximum absolute atomic E-state index is 12.2. The van der Waals surface area contributed by atoms with Gasteiger partial charge in [-0.15, -0.1) is 0 Å². The number of phenols is 2. The molecule has 0 aromatic heterocycles. The Balaban J connectivity index is 2.20. The van der Waals surface area contributed by atoms with Crippen molar-refractivity contribution in [2.45, 2.75) is 6.54 Å². The molecule has 0 aliphatic rings. The van der Waals surface area contributed by atoms with E-state index in [4.69, 9.17) is 0 Å². The molecule has 98 valence electrons. The number of carbonyl (C=O) groups is 1. The number of carbonyl (C=O) groups excluding carboxylic acids is 1. The van der Waals surface area contributed by atoms with Crippen LogP contribution in [0.2, 0.25) is 0 Å². The zero-order valence-electron chi connectivity index (χ0n) is 10.6. The van der Waals surface area contributed by atoms with Gasteiger partial charge in [0.05, 0.1) is 0 Å². The Hall–Kier alpha value is -2.49. The monoisotopic (exact) mass is 257 g/mol. The first-order chi connectivity index (χ1) is 9.09. The van der Waals surface area contributed by atoms with Crippen molar-refractivity contribution in [3.63, 3.8) is 0 Å². The third-order valence-corrected chi connectivity index (χ3v) is 2.84. The highest BCUT2D eigenvalue weighted by molar-refractivity contribution is 5.99. The van der Waals surface area contributed by atoms with E-state index in [9.17, 15) is 15.0 Å². The van der Waals surface area contributed by atoms with Gasteiger partial charge in [-0.3, -0.25) is 4.79 Å². The van der Waals surface area contributed by atoms with Gasteiger partial charge in [-0.05, 0) is 17.7 Å². The van der Waals surface area contributed by atoms with Crippen molar-refractivity contribution in [2.75, 3.05) is 7.05 Å². The predicted octanol–water partition coefficient (Wildman–Crippen LogP) is 2.37. The fourth-order valence-electron chi connectivity index (χ4n) is 1.87. The second-order valence-electron chi connectivity index (χ2n) is 4.32. The van der Waals surface area contributed by atoms with Crippen LogP contribution in [0.1, 0.15) is 15.9 Å². The second kappa shape index (κ2) is 5.44. The Bertz CT molecular complexity index is 561. The lowest BCUT2D eigenvalue weighted by molar-refractivity contribution is 0.0779. The number of hydrogen-bond donors (Lipinski definition) is 2. The third-order valence-electron chi connectivity index (χ3n) is 2.84. The summed E-state index contributed by atoms with van der Waals surface area (Å²) in [5.74, 6) is -0.853. The zero-order chi connectivity index (χ0) is 13.8. The normalized spacial score (nSPS) is 10.2. The standard InChI is InChI=1S/C15H15NO3/c1-16(10-11-6-3-2-4-7-11)15(19)14-12(17)8-5-9-13(14)18/h2-9,17-18H,10H2,1H3. The average Bonchev–Trinajstić information content (AvgIpc) is 2.39. The molecule has 0 unspecified atom stereocenters. The van der Waals surface area contributed by atoms with Crippen LogP contribution in [-0.4, -0.2) is 28.1 Å². The van der Waals surface area contributed by atoms with Gasteiger partial charge >= 0.3 is 0 Å². The number of amides is 1. The highest BCUT2D eigenvalue weighted by Crippen LogP contribution is 2.27. The molecule has 2 N–H and O–H groups in total. The second-order valence-corrected chi connectivity index (χ2v) is 4.32. The number of phenolic OH excluding ortho intramolecular Hbond substituents is 2. The van der Waals surface area contributed by atoms with E-state index >= 15 is 0 Å². The van der Waals surface area contributed by atoms with Crippen LogP contribution in [0.15, 0.2) is 48.5 Å². The van der Waals surface area contributed by atoms with Gasteiger partial charge in [0.2, 0.25) is 0 Å². The molecule has 4 heteroatoms. The smallest absolute Gasteiger partial charge is 0.261 e. The van der Waals surface area contributed by atoms with Crippen LogP contribution >= 0.6 is 0 Å². The Morgan fingerprint density at radius 3 is 2.16 bits per heavy atom.